The number of benzene rings is 2. The van der Waals surface area contributed by atoms with Crippen LogP contribution in [0.1, 0.15) is 42.5 Å². The van der Waals surface area contributed by atoms with Crippen LogP contribution >= 0.6 is 0 Å². The molecule has 32 heavy (non-hydrogen) atoms. The topological polar surface area (TPSA) is 105 Å². The van der Waals surface area contributed by atoms with Crippen molar-refractivity contribution in [2.75, 3.05) is 22.4 Å². The maximum Gasteiger partial charge on any atom is 0.267 e. The molecule has 1 aliphatic carbocycles. The quantitative estimate of drug-likeness (QED) is 0.718. The zero-order chi connectivity index (χ0) is 22.7. The lowest BCUT2D eigenvalue weighted by Crippen LogP contribution is -2.48. The van der Waals surface area contributed by atoms with Crippen LogP contribution in [0.5, 0.6) is 5.75 Å². The van der Waals surface area contributed by atoms with E-state index >= 15 is 0 Å². The van der Waals surface area contributed by atoms with E-state index in [1.54, 1.807) is 48.5 Å². The van der Waals surface area contributed by atoms with Gasteiger partial charge in [-0.3, -0.25) is 13.9 Å². The SMILES string of the molecule is CS(=O)(=O)N1C[C@H](C(=O)Nc2ccccc2C(=O)NC2CCCCC2)Oc2ccccc21. The Morgan fingerprint density at radius 3 is 2.44 bits per heavy atom. The molecule has 1 atom stereocenters. The van der Waals surface area contributed by atoms with Gasteiger partial charge in [0.2, 0.25) is 10.0 Å². The molecule has 0 spiro atoms. The summed E-state index contributed by atoms with van der Waals surface area (Å²) in [6, 6.07) is 13.6. The van der Waals surface area contributed by atoms with E-state index in [4.69, 9.17) is 4.74 Å². The molecule has 2 aromatic rings. The lowest BCUT2D eigenvalue weighted by Gasteiger charge is -2.34. The zero-order valence-corrected chi connectivity index (χ0v) is 18.7. The van der Waals surface area contributed by atoms with Crippen molar-refractivity contribution in [2.24, 2.45) is 0 Å². The first-order valence-electron chi connectivity index (χ1n) is 10.8. The van der Waals surface area contributed by atoms with E-state index in [-0.39, 0.29) is 18.5 Å². The number of nitrogens with one attached hydrogen (secondary N) is 2. The smallest absolute Gasteiger partial charge is 0.267 e. The lowest BCUT2D eigenvalue weighted by atomic mass is 9.95. The fraction of sp³-hybridized carbons (Fsp3) is 0.391. The number of hydrogen-bond acceptors (Lipinski definition) is 5. The molecule has 8 nitrogen and oxygen atoms in total. The molecule has 1 saturated carbocycles. The second-order valence-electron chi connectivity index (χ2n) is 8.21. The summed E-state index contributed by atoms with van der Waals surface area (Å²) in [7, 11) is -3.61. The highest BCUT2D eigenvalue weighted by Gasteiger charge is 2.35. The van der Waals surface area contributed by atoms with E-state index in [0.717, 1.165) is 36.2 Å². The van der Waals surface area contributed by atoms with Gasteiger partial charge in [-0.1, -0.05) is 43.5 Å². The van der Waals surface area contributed by atoms with E-state index in [2.05, 4.69) is 10.6 Å². The Bertz CT molecular complexity index is 1110. The number of sulfonamides is 1. The minimum atomic E-state index is -3.61. The average molecular weight is 458 g/mol. The third kappa shape index (κ3) is 4.88. The van der Waals surface area contributed by atoms with Crippen molar-refractivity contribution in [3.8, 4) is 5.75 Å². The molecule has 1 heterocycles. The van der Waals surface area contributed by atoms with E-state index in [0.29, 0.717) is 22.7 Å². The van der Waals surface area contributed by atoms with Crippen LogP contribution in [0.4, 0.5) is 11.4 Å². The van der Waals surface area contributed by atoms with E-state index < -0.39 is 22.0 Å². The van der Waals surface area contributed by atoms with Crippen molar-refractivity contribution in [1.82, 2.24) is 5.32 Å². The monoisotopic (exact) mass is 457 g/mol. The fourth-order valence-corrected chi connectivity index (χ4v) is 5.08. The number of amides is 2. The fourth-order valence-electron chi connectivity index (χ4n) is 4.17. The molecule has 2 amide bonds. The molecular formula is C23H27N3O5S. The summed E-state index contributed by atoms with van der Waals surface area (Å²) in [6.45, 7) is -0.155. The van der Waals surface area contributed by atoms with Crippen molar-refractivity contribution in [3.05, 3.63) is 54.1 Å². The van der Waals surface area contributed by atoms with Crippen molar-refractivity contribution >= 4 is 33.2 Å². The number of hydrogen-bond donors (Lipinski definition) is 2. The van der Waals surface area contributed by atoms with Crippen LogP contribution in [0.3, 0.4) is 0 Å². The number of ether oxygens (including phenoxy) is 1. The largest absolute Gasteiger partial charge is 0.476 e. The van der Waals surface area contributed by atoms with Gasteiger partial charge in [0.15, 0.2) is 6.10 Å². The first kappa shape index (κ1) is 22.1. The Morgan fingerprint density at radius 2 is 1.69 bits per heavy atom. The Hall–Kier alpha value is -3.07. The molecule has 1 fully saturated rings. The molecule has 2 N–H and O–H groups in total. The molecule has 0 bridgehead atoms. The molecule has 2 aliphatic rings. The van der Waals surface area contributed by atoms with Crippen molar-refractivity contribution in [1.29, 1.82) is 0 Å². The average Bonchev–Trinajstić information content (AvgIpc) is 2.78. The molecule has 170 valence electrons. The second-order valence-corrected chi connectivity index (χ2v) is 10.1. The molecule has 0 radical (unpaired) electrons. The predicted octanol–water partition coefficient (Wildman–Crippen LogP) is 2.91. The molecule has 2 aromatic carbocycles. The Kier molecular flexibility index (Phi) is 6.36. The first-order valence-corrected chi connectivity index (χ1v) is 12.6. The number of carbonyl (C=O) groups excluding carboxylic acids is 2. The van der Waals surface area contributed by atoms with Crippen LogP contribution < -0.4 is 19.7 Å². The minimum Gasteiger partial charge on any atom is -0.476 e. The van der Waals surface area contributed by atoms with Crippen LogP contribution in [0.15, 0.2) is 48.5 Å². The number of fused-ring (bicyclic) bond motifs is 1. The number of para-hydroxylation sites is 3. The third-order valence-corrected chi connectivity index (χ3v) is 6.94. The number of rotatable bonds is 5. The number of anilines is 2. The molecule has 0 unspecified atom stereocenters. The van der Waals surface area contributed by atoms with Gasteiger partial charge in [-0.25, -0.2) is 8.42 Å². The summed E-state index contributed by atoms with van der Waals surface area (Å²) in [6.07, 6.45) is 5.33. The summed E-state index contributed by atoms with van der Waals surface area (Å²) >= 11 is 0. The number of carbonyl (C=O) groups is 2. The van der Waals surface area contributed by atoms with Crippen molar-refractivity contribution in [2.45, 2.75) is 44.2 Å². The molecular weight excluding hydrogens is 430 g/mol. The van der Waals surface area contributed by atoms with Crippen molar-refractivity contribution < 1.29 is 22.7 Å². The standard InChI is InChI=1S/C23H27N3O5S/c1-32(29,30)26-15-21(31-20-14-8-7-13-19(20)26)23(28)25-18-12-6-5-11-17(18)22(27)24-16-9-3-2-4-10-16/h5-8,11-14,16,21H,2-4,9-10,15H2,1H3,(H,24,27)(H,25,28)/t21-/m1/s1. The molecule has 9 heteroatoms. The van der Waals surface area contributed by atoms with Crippen LogP contribution in [-0.4, -0.2) is 45.2 Å². The summed E-state index contributed by atoms with van der Waals surface area (Å²) < 4.78 is 31.5. The third-order valence-electron chi connectivity index (χ3n) is 5.80. The normalized spacial score (nSPS) is 18.9. The van der Waals surface area contributed by atoms with E-state index in [1.807, 2.05) is 0 Å². The molecule has 0 saturated heterocycles. The predicted molar refractivity (Wildman–Crippen MR) is 122 cm³/mol. The van der Waals surface area contributed by atoms with Crippen molar-refractivity contribution in [3.63, 3.8) is 0 Å². The first-order chi connectivity index (χ1) is 15.3. The highest BCUT2D eigenvalue weighted by molar-refractivity contribution is 7.92. The Morgan fingerprint density at radius 1 is 1.00 bits per heavy atom. The summed E-state index contributed by atoms with van der Waals surface area (Å²) in [5, 5.41) is 5.81. The van der Waals surface area contributed by atoms with Gasteiger partial charge in [0.25, 0.3) is 11.8 Å². The summed E-state index contributed by atoms with van der Waals surface area (Å²) in [5.74, 6) is -0.445. The second kappa shape index (κ2) is 9.20. The van der Waals surface area contributed by atoms with Crippen LogP contribution in [0.25, 0.3) is 0 Å². The maximum atomic E-state index is 13.0. The Labute approximate surface area is 188 Å². The van der Waals surface area contributed by atoms with Crippen LogP contribution in [0.2, 0.25) is 0 Å². The molecule has 4 rings (SSSR count). The highest BCUT2D eigenvalue weighted by Crippen LogP contribution is 2.35. The van der Waals surface area contributed by atoms with Gasteiger partial charge in [-0.2, -0.15) is 0 Å². The maximum absolute atomic E-state index is 13.0. The van der Waals surface area contributed by atoms with Crippen LogP contribution in [-0.2, 0) is 14.8 Å². The highest BCUT2D eigenvalue weighted by atomic mass is 32.2. The van der Waals surface area contributed by atoms with Gasteiger partial charge in [0, 0.05) is 6.04 Å². The van der Waals surface area contributed by atoms with Gasteiger partial charge in [0.05, 0.1) is 29.7 Å². The summed E-state index contributed by atoms with van der Waals surface area (Å²) in [5.41, 5.74) is 1.12. The summed E-state index contributed by atoms with van der Waals surface area (Å²) in [4.78, 5) is 25.9. The van der Waals surface area contributed by atoms with Gasteiger partial charge < -0.3 is 15.4 Å². The molecule has 1 aliphatic heterocycles. The minimum absolute atomic E-state index is 0.140. The van der Waals surface area contributed by atoms with Gasteiger partial charge in [-0.15, -0.1) is 0 Å². The lowest BCUT2D eigenvalue weighted by molar-refractivity contribution is -0.122. The number of nitrogens with zero attached hydrogens (tertiary/aromatic N) is 1. The molecule has 0 aromatic heterocycles. The Balaban J connectivity index is 1.51. The van der Waals surface area contributed by atoms with Gasteiger partial charge in [-0.05, 0) is 37.1 Å². The zero-order valence-electron chi connectivity index (χ0n) is 17.9. The van der Waals surface area contributed by atoms with E-state index in [1.165, 1.54) is 6.42 Å². The van der Waals surface area contributed by atoms with E-state index in [9.17, 15) is 18.0 Å². The van der Waals surface area contributed by atoms with Crippen LogP contribution in [0, 0.1) is 0 Å². The van der Waals surface area contributed by atoms with Gasteiger partial charge in [0.1, 0.15) is 5.75 Å². The van der Waals surface area contributed by atoms with Gasteiger partial charge >= 0.3 is 0 Å².